The van der Waals surface area contributed by atoms with Gasteiger partial charge < -0.3 is 9.47 Å². The highest BCUT2D eigenvalue weighted by Crippen LogP contribution is 2.64. The van der Waals surface area contributed by atoms with Crippen LogP contribution in [0.15, 0.2) is 12.2 Å². The lowest BCUT2D eigenvalue weighted by Crippen LogP contribution is -2.53. The average molecular weight is 322 g/mol. The molecule has 2 rings (SSSR count). The van der Waals surface area contributed by atoms with Crippen LogP contribution < -0.4 is 0 Å². The molecule has 0 aromatic heterocycles. The van der Waals surface area contributed by atoms with E-state index < -0.39 is 10.8 Å². The Hall–Kier alpha value is -1.32. The van der Waals surface area contributed by atoms with Gasteiger partial charge in [-0.15, -0.1) is 0 Å². The zero-order valence-electron chi connectivity index (χ0n) is 15.2. The minimum Gasteiger partial charge on any atom is -0.465 e. The lowest BCUT2D eigenvalue weighted by molar-refractivity contribution is -0.181. The molecule has 1 saturated carbocycles. The SMILES string of the molecule is CC(C)COC(=O)C1(C)[C@@H]2C=C[C@H](C2)C1(C)C(=O)OCC(C)C. The molecule has 23 heavy (non-hydrogen) atoms. The molecule has 2 aliphatic rings. The highest BCUT2D eigenvalue weighted by molar-refractivity contribution is 5.90. The first-order valence-electron chi connectivity index (χ1n) is 8.66. The summed E-state index contributed by atoms with van der Waals surface area (Å²) < 4.78 is 11.1. The number of carbonyl (C=O) groups excluding carboxylic acids is 2. The van der Waals surface area contributed by atoms with Gasteiger partial charge in [0.05, 0.1) is 24.0 Å². The van der Waals surface area contributed by atoms with E-state index in [1.165, 1.54) is 0 Å². The van der Waals surface area contributed by atoms with Crippen molar-refractivity contribution in [2.45, 2.75) is 48.0 Å². The van der Waals surface area contributed by atoms with Crippen molar-refractivity contribution in [1.82, 2.24) is 0 Å². The summed E-state index contributed by atoms with van der Waals surface area (Å²) in [6.07, 6.45) is 4.96. The lowest BCUT2D eigenvalue weighted by Gasteiger charge is -2.43. The second-order valence-corrected chi connectivity index (χ2v) is 8.22. The third kappa shape index (κ3) is 2.81. The molecule has 130 valence electrons. The molecule has 0 N–H and O–H groups in total. The number of rotatable bonds is 6. The summed E-state index contributed by atoms with van der Waals surface area (Å²) >= 11 is 0. The third-order valence-corrected chi connectivity index (χ3v) is 5.59. The molecule has 0 aromatic rings. The molecule has 2 aliphatic carbocycles. The van der Waals surface area contributed by atoms with Crippen molar-refractivity contribution >= 4 is 11.9 Å². The van der Waals surface area contributed by atoms with E-state index in [1.807, 2.05) is 41.5 Å². The second-order valence-electron chi connectivity index (χ2n) is 8.22. The van der Waals surface area contributed by atoms with Crippen molar-refractivity contribution in [2.75, 3.05) is 13.2 Å². The number of hydrogen-bond acceptors (Lipinski definition) is 4. The van der Waals surface area contributed by atoms with Crippen LogP contribution in [-0.2, 0) is 19.1 Å². The number of esters is 2. The van der Waals surface area contributed by atoms with Gasteiger partial charge in [0.25, 0.3) is 0 Å². The Kier molecular flexibility index (Phi) is 4.93. The molecule has 0 amide bonds. The average Bonchev–Trinajstić information content (AvgIpc) is 3.04. The van der Waals surface area contributed by atoms with Gasteiger partial charge in [0.1, 0.15) is 0 Å². The maximum absolute atomic E-state index is 12.9. The summed E-state index contributed by atoms with van der Waals surface area (Å²) in [5, 5.41) is 0. The normalized spacial score (nSPS) is 35.1. The van der Waals surface area contributed by atoms with E-state index in [-0.39, 0.29) is 35.6 Å². The third-order valence-electron chi connectivity index (χ3n) is 5.59. The van der Waals surface area contributed by atoms with E-state index in [1.54, 1.807) is 0 Å². The van der Waals surface area contributed by atoms with Crippen LogP contribution in [0.1, 0.15) is 48.0 Å². The van der Waals surface area contributed by atoms with E-state index in [9.17, 15) is 9.59 Å². The first-order chi connectivity index (χ1) is 10.6. The molecular formula is C19H30O4. The maximum Gasteiger partial charge on any atom is 0.313 e. The molecule has 4 atom stereocenters. The van der Waals surface area contributed by atoms with Gasteiger partial charge in [-0.1, -0.05) is 39.8 Å². The van der Waals surface area contributed by atoms with Gasteiger partial charge in [-0.05, 0) is 43.9 Å². The fraction of sp³-hybridized carbons (Fsp3) is 0.789. The Bertz CT molecular complexity index is 463. The number of fused-ring (bicyclic) bond motifs is 2. The van der Waals surface area contributed by atoms with Crippen molar-refractivity contribution < 1.29 is 19.1 Å². The molecule has 0 aromatic carbocycles. The molecule has 0 aliphatic heterocycles. The standard InChI is InChI=1S/C19H30O4/c1-12(2)10-22-16(20)18(5)14-7-8-15(9-14)19(18,6)17(21)23-11-13(3)4/h7-8,12-15H,9-11H2,1-6H3/t14-,15-,18?,19?/m1/s1. The lowest BCUT2D eigenvalue weighted by atomic mass is 9.59. The quantitative estimate of drug-likeness (QED) is 0.554. The molecule has 0 saturated heterocycles. The monoisotopic (exact) mass is 322 g/mol. The smallest absolute Gasteiger partial charge is 0.313 e. The summed E-state index contributed by atoms with van der Waals surface area (Å²) in [5.41, 5.74) is -1.70. The van der Waals surface area contributed by atoms with Crippen molar-refractivity contribution in [2.24, 2.45) is 34.5 Å². The van der Waals surface area contributed by atoms with Crippen molar-refractivity contribution in [3.05, 3.63) is 12.2 Å². The van der Waals surface area contributed by atoms with Gasteiger partial charge in [-0.3, -0.25) is 9.59 Å². The van der Waals surface area contributed by atoms with Gasteiger partial charge in [0.2, 0.25) is 0 Å². The molecule has 2 bridgehead atoms. The Morgan fingerprint density at radius 1 is 0.913 bits per heavy atom. The topological polar surface area (TPSA) is 52.6 Å². The Balaban J connectivity index is 2.26. The second kappa shape index (κ2) is 6.29. The first-order valence-corrected chi connectivity index (χ1v) is 8.66. The zero-order valence-corrected chi connectivity index (χ0v) is 15.2. The van der Waals surface area contributed by atoms with Gasteiger partial charge in [-0.25, -0.2) is 0 Å². The molecule has 0 heterocycles. The number of allylic oxidation sites excluding steroid dienone is 2. The summed E-state index contributed by atoms with van der Waals surface area (Å²) in [5.74, 6) is 0.0956. The fourth-order valence-electron chi connectivity index (χ4n) is 3.84. The van der Waals surface area contributed by atoms with Gasteiger partial charge in [0.15, 0.2) is 0 Å². The van der Waals surface area contributed by atoms with Crippen LogP contribution in [0.25, 0.3) is 0 Å². The highest BCUT2D eigenvalue weighted by Gasteiger charge is 2.69. The Morgan fingerprint density at radius 2 is 1.26 bits per heavy atom. The minimum absolute atomic E-state index is 0.0452. The number of hydrogen-bond donors (Lipinski definition) is 0. The summed E-state index contributed by atoms with van der Waals surface area (Å²) in [4.78, 5) is 25.7. The molecular weight excluding hydrogens is 292 g/mol. The van der Waals surface area contributed by atoms with Crippen LogP contribution >= 0.6 is 0 Å². The maximum atomic E-state index is 12.9. The van der Waals surface area contributed by atoms with E-state index in [0.29, 0.717) is 13.2 Å². The number of ether oxygens (including phenoxy) is 2. The van der Waals surface area contributed by atoms with Crippen LogP contribution in [0.3, 0.4) is 0 Å². The van der Waals surface area contributed by atoms with Crippen molar-refractivity contribution in [3.8, 4) is 0 Å². The molecule has 0 radical (unpaired) electrons. The van der Waals surface area contributed by atoms with Crippen LogP contribution in [-0.4, -0.2) is 25.2 Å². The van der Waals surface area contributed by atoms with E-state index in [2.05, 4.69) is 12.2 Å². The highest BCUT2D eigenvalue weighted by atomic mass is 16.5. The Labute approximate surface area is 139 Å². The molecule has 4 heteroatoms. The van der Waals surface area contributed by atoms with Crippen LogP contribution in [0.5, 0.6) is 0 Å². The van der Waals surface area contributed by atoms with Gasteiger partial charge >= 0.3 is 11.9 Å². The van der Waals surface area contributed by atoms with Crippen molar-refractivity contribution in [1.29, 1.82) is 0 Å². The van der Waals surface area contributed by atoms with Crippen LogP contribution in [0, 0.1) is 34.5 Å². The molecule has 4 nitrogen and oxygen atoms in total. The summed E-state index contributed by atoms with van der Waals surface area (Å²) in [6.45, 7) is 12.5. The molecule has 0 spiro atoms. The Morgan fingerprint density at radius 3 is 1.57 bits per heavy atom. The zero-order chi connectivity index (χ0) is 17.4. The first kappa shape index (κ1) is 18.0. The summed E-state index contributed by atoms with van der Waals surface area (Å²) in [7, 11) is 0. The molecule has 2 unspecified atom stereocenters. The van der Waals surface area contributed by atoms with Crippen LogP contribution in [0.4, 0.5) is 0 Å². The summed E-state index contributed by atoms with van der Waals surface area (Å²) in [6, 6.07) is 0. The predicted molar refractivity (Wildman–Crippen MR) is 88.5 cm³/mol. The largest absolute Gasteiger partial charge is 0.465 e. The predicted octanol–water partition coefficient (Wildman–Crippen LogP) is 3.60. The number of carbonyl (C=O) groups is 2. The van der Waals surface area contributed by atoms with Crippen molar-refractivity contribution in [3.63, 3.8) is 0 Å². The minimum atomic E-state index is -0.852. The van der Waals surface area contributed by atoms with Crippen LogP contribution in [0.2, 0.25) is 0 Å². The van der Waals surface area contributed by atoms with Gasteiger partial charge in [-0.2, -0.15) is 0 Å². The van der Waals surface area contributed by atoms with E-state index in [4.69, 9.17) is 9.47 Å². The van der Waals surface area contributed by atoms with E-state index in [0.717, 1.165) is 6.42 Å². The molecule has 1 fully saturated rings. The van der Waals surface area contributed by atoms with Gasteiger partial charge in [0, 0.05) is 0 Å². The van der Waals surface area contributed by atoms with E-state index >= 15 is 0 Å². The fourth-order valence-corrected chi connectivity index (χ4v) is 3.84.